The number of primary amides is 2. The van der Waals surface area contributed by atoms with Crippen LogP contribution in [0, 0.1) is 0 Å². The van der Waals surface area contributed by atoms with Crippen molar-refractivity contribution in [1.29, 1.82) is 0 Å². The predicted molar refractivity (Wildman–Crippen MR) is 262 cm³/mol. The van der Waals surface area contributed by atoms with Gasteiger partial charge in [-0.15, -0.1) is 0 Å². The summed E-state index contributed by atoms with van der Waals surface area (Å²) >= 11 is 0. The number of amides is 8. The molecule has 0 aromatic heterocycles. The minimum absolute atomic E-state index is 0.00473. The molecule has 22 nitrogen and oxygen atoms in total. The Labute approximate surface area is 406 Å². The summed E-state index contributed by atoms with van der Waals surface area (Å²) in [4.78, 5) is 117. The summed E-state index contributed by atoms with van der Waals surface area (Å²) in [5.41, 5.74) is 35.1. The van der Waals surface area contributed by atoms with Gasteiger partial charge < -0.3 is 65.9 Å². The Kier molecular flexibility index (Phi) is 22.1. The van der Waals surface area contributed by atoms with Crippen molar-refractivity contribution in [2.45, 2.75) is 107 Å². The zero-order valence-electron chi connectivity index (χ0n) is 39.1. The molecule has 3 aromatic carbocycles. The summed E-state index contributed by atoms with van der Waals surface area (Å²) < 4.78 is 0. The Morgan fingerprint density at radius 1 is 0.557 bits per heavy atom. The van der Waals surface area contributed by atoms with Crippen LogP contribution in [0.4, 0.5) is 0 Å². The second-order valence-corrected chi connectivity index (χ2v) is 16.9. The van der Waals surface area contributed by atoms with Crippen molar-refractivity contribution in [1.82, 2.24) is 31.5 Å². The number of nitrogens with one attached hydrogen (secondary N) is 5. The van der Waals surface area contributed by atoms with Crippen molar-refractivity contribution in [3.05, 3.63) is 108 Å². The van der Waals surface area contributed by atoms with Gasteiger partial charge in [-0.05, 0) is 61.6 Å². The first-order chi connectivity index (χ1) is 33.5. The van der Waals surface area contributed by atoms with Gasteiger partial charge in [0.2, 0.25) is 47.3 Å². The normalized spacial score (nSPS) is 15.1. The predicted octanol–water partition coefficient (Wildman–Crippen LogP) is -2.01. The lowest BCUT2D eigenvalue weighted by Crippen LogP contribution is -2.60. The van der Waals surface area contributed by atoms with E-state index in [4.69, 9.17) is 34.4 Å². The number of guanidine groups is 2. The summed E-state index contributed by atoms with van der Waals surface area (Å²) in [6.45, 7) is 0.288. The number of aliphatic imine (C=N–C) groups is 2. The number of likely N-dealkylation sites (tertiary alicyclic amines) is 1. The van der Waals surface area contributed by atoms with Crippen LogP contribution in [0.25, 0.3) is 0 Å². The molecule has 17 N–H and O–H groups in total. The first kappa shape index (κ1) is 54.6. The second kappa shape index (κ2) is 28.3. The third kappa shape index (κ3) is 18.9. The molecule has 376 valence electrons. The lowest BCUT2D eigenvalue weighted by atomic mass is 10.0. The van der Waals surface area contributed by atoms with E-state index in [9.17, 15) is 38.4 Å². The third-order valence-corrected chi connectivity index (χ3v) is 11.4. The molecule has 0 radical (unpaired) electrons. The fraction of sp³-hybridized carbons (Fsp3) is 0.417. The van der Waals surface area contributed by atoms with Crippen molar-refractivity contribution < 1.29 is 38.4 Å². The van der Waals surface area contributed by atoms with Gasteiger partial charge in [-0.1, -0.05) is 91.0 Å². The van der Waals surface area contributed by atoms with Crippen molar-refractivity contribution in [3.63, 3.8) is 0 Å². The summed E-state index contributed by atoms with van der Waals surface area (Å²) in [6.07, 6.45) is 1.04. The lowest BCUT2D eigenvalue weighted by molar-refractivity contribution is -0.142. The molecule has 1 heterocycles. The van der Waals surface area contributed by atoms with Crippen molar-refractivity contribution in [3.8, 4) is 0 Å². The van der Waals surface area contributed by atoms with Crippen LogP contribution in [-0.4, -0.2) is 120 Å². The summed E-state index contributed by atoms with van der Waals surface area (Å²) in [7, 11) is 0. The van der Waals surface area contributed by atoms with E-state index in [0.717, 1.165) is 11.1 Å². The van der Waals surface area contributed by atoms with Crippen LogP contribution in [0.3, 0.4) is 0 Å². The van der Waals surface area contributed by atoms with E-state index >= 15 is 0 Å². The van der Waals surface area contributed by atoms with E-state index in [0.29, 0.717) is 18.4 Å². The Hall–Kier alpha value is -8.04. The zero-order chi connectivity index (χ0) is 51.0. The van der Waals surface area contributed by atoms with Crippen molar-refractivity contribution in [2.75, 3.05) is 19.6 Å². The maximum Gasteiger partial charge on any atom is 0.245 e. The van der Waals surface area contributed by atoms with Gasteiger partial charge >= 0.3 is 0 Å². The third-order valence-electron chi connectivity index (χ3n) is 11.4. The number of carbonyl (C=O) groups excluding carboxylic acids is 8. The van der Waals surface area contributed by atoms with Crippen LogP contribution < -0.4 is 61.0 Å². The number of nitrogens with zero attached hydrogens (tertiary/aromatic N) is 3. The SMILES string of the molecule is NC(=O)C[C@H](NC(=O)[C@H](CCCN=C(N)N)NC(=O)[C@@H]1CCCN1C(=O)[C@H](CCCN=C(N)N)NC(=O)[C@H](Cc1ccccc1)NC(=O)[C@H](Cc1ccccc1)NC(=O)CCc1ccccc1)C(N)=O. The molecule has 8 amide bonds. The van der Waals surface area contributed by atoms with Gasteiger partial charge in [-0.3, -0.25) is 48.3 Å². The lowest BCUT2D eigenvalue weighted by Gasteiger charge is -2.31. The van der Waals surface area contributed by atoms with Crippen LogP contribution >= 0.6 is 0 Å². The molecule has 4 rings (SSSR count). The standard InChI is InChI=1S/C48H66N14O8/c49-39(63)29-35(41(50)65)60-42(66)33(19-10-24-55-47(51)52)58-45(69)38-21-12-26-62(38)46(70)34(20-11-25-56-48(53)54)59-44(68)37(28-32-17-8-3-9-18-32)61-43(67)36(27-31-15-6-2-7-16-31)57-40(64)23-22-30-13-4-1-5-14-30/h1-9,13-18,33-38H,10-12,19-29H2,(H2,49,63)(H2,50,65)(H,57,64)(H,58,69)(H,59,68)(H,60,66)(H,61,67)(H4,51,52,55)(H4,53,54,56)/t33-,34-,35-,36-,37-,38-/m0/s1. The minimum Gasteiger partial charge on any atom is -0.370 e. The van der Waals surface area contributed by atoms with Crippen molar-refractivity contribution in [2.24, 2.45) is 44.4 Å². The average molecular weight is 967 g/mol. The maximum atomic E-state index is 14.6. The number of hydrogen-bond donors (Lipinski definition) is 11. The second-order valence-electron chi connectivity index (χ2n) is 16.9. The Bertz CT molecular complexity index is 2290. The summed E-state index contributed by atoms with van der Waals surface area (Å²) in [5, 5.41) is 13.6. The van der Waals surface area contributed by atoms with Crippen LogP contribution in [0.5, 0.6) is 0 Å². The van der Waals surface area contributed by atoms with Gasteiger partial charge in [0.15, 0.2) is 11.9 Å². The Morgan fingerprint density at radius 3 is 1.51 bits per heavy atom. The average Bonchev–Trinajstić information content (AvgIpc) is 3.83. The summed E-state index contributed by atoms with van der Waals surface area (Å²) in [5.74, 6) is -6.22. The molecule has 1 saturated heterocycles. The number of benzene rings is 3. The molecule has 0 spiro atoms. The van der Waals surface area contributed by atoms with Crippen LogP contribution in [0.2, 0.25) is 0 Å². The highest BCUT2D eigenvalue weighted by Gasteiger charge is 2.40. The van der Waals surface area contributed by atoms with Gasteiger partial charge in [0, 0.05) is 38.9 Å². The molecule has 1 fully saturated rings. The van der Waals surface area contributed by atoms with E-state index in [1.54, 1.807) is 30.3 Å². The first-order valence-electron chi connectivity index (χ1n) is 23.1. The zero-order valence-corrected chi connectivity index (χ0v) is 39.1. The Balaban J connectivity index is 1.59. The number of hydrogen-bond acceptors (Lipinski definition) is 10. The molecule has 6 atom stereocenters. The largest absolute Gasteiger partial charge is 0.370 e. The highest BCUT2D eigenvalue weighted by molar-refractivity contribution is 5.98. The number of nitrogens with two attached hydrogens (primary N) is 6. The minimum atomic E-state index is -1.47. The molecule has 0 saturated carbocycles. The van der Waals surface area contributed by atoms with Crippen molar-refractivity contribution >= 4 is 59.2 Å². The monoisotopic (exact) mass is 967 g/mol. The van der Waals surface area contributed by atoms with E-state index in [2.05, 4.69) is 36.6 Å². The number of rotatable bonds is 28. The molecule has 1 aliphatic heterocycles. The number of carbonyl (C=O) groups is 8. The van der Waals surface area contributed by atoms with E-state index < -0.39 is 84.0 Å². The fourth-order valence-corrected chi connectivity index (χ4v) is 7.83. The topological polar surface area (TPSA) is 381 Å². The first-order valence-corrected chi connectivity index (χ1v) is 23.1. The molecular formula is C48H66N14O8. The van der Waals surface area contributed by atoms with Crippen LogP contribution in [-0.2, 0) is 57.6 Å². The summed E-state index contributed by atoms with van der Waals surface area (Å²) in [6, 6.07) is 20.0. The van der Waals surface area contributed by atoms with E-state index in [-0.39, 0.29) is 88.8 Å². The van der Waals surface area contributed by atoms with Gasteiger partial charge in [0.25, 0.3) is 0 Å². The van der Waals surface area contributed by atoms with E-state index in [1.165, 1.54) is 4.90 Å². The van der Waals surface area contributed by atoms with Gasteiger partial charge in [0.1, 0.15) is 36.3 Å². The molecule has 0 aliphatic carbocycles. The number of aryl methyl sites for hydroxylation is 1. The maximum absolute atomic E-state index is 14.6. The molecule has 0 bridgehead atoms. The molecule has 0 unspecified atom stereocenters. The molecule has 1 aliphatic rings. The van der Waals surface area contributed by atoms with E-state index in [1.807, 2.05) is 60.7 Å². The molecule has 70 heavy (non-hydrogen) atoms. The van der Waals surface area contributed by atoms with Gasteiger partial charge in [-0.2, -0.15) is 0 Å². The smallest absolute Gasteiger partial charge is 0.245 e. The highest BCUT2D eigenvalue weighted by Crippen LogP contribution is 2.21. The molecule has 3 aromatic rings. The molecular weight excluding hydrogens is 901 g/mol. The highest BCUT2D eigenvalue weighted by atomic mass is 16.2. The van der Waals surface area contributed by atoms with Crippen LogP contribution in [0.15, 0.2) is 101 Å². The van der Waals surface area contributed by atoms with Crippen LogP contribution in [0.1, 0.15) is 68.1 Å². The van der Waals surface area contributed by atoms with Gasteiger partial charge in [-0.25, -0.2) is 0 Å². The van der Waals surface area contributed by atoms with Gasteiger partial charge in [0.05, 0.1) is 6.42 Å². The molecule has 22 heteroatoms. The Morgan fingerprint density at radius 2 is 1.01 bits per heavy atom. The quantitative estimate of drug-likeness (QED) is 0.0214. The fourth-order valence-electron chi connectivity index (χ4n) is 7.83.